The van der Waals surface area contributed by atoms with Crippen molar-refractivity contribution in [3.05, 3.63) is 93.2 Å². The quantitative estimate of drug-likeness (QED) is 0.261. The van der Waals surface area contributed by atoms with Gasteiger partial charge in [0.1, 0.15) is 0 Å². The van der Waals surface area contributed by atoms with Crippen molar-refractivity contribution < 1.29 is 71.5 Å². The molecular weight excluding hydrogens is 694 g/mol. The minimum Gasteiger partial charge on any atom is -1.00 e. The number of rotatable bonds is 0. The molecule has 0 unspecified atom stereocenters. The monoisotopic (exact) mass is 738 g/mol. The predicted octanol–water partition coefficient (Wildman–Crippen LogP) is 3.92. The van der Waals surface area contributed by atoms with Gasteiger partial charge in [0, 0.05) is 0 Å². The molecule has 0 spiro atoms. The number of allylic oxidation sites excluding steroid dienone is 16. The Hall–Kier alpha value is 0.700. The minimum atomic E-state index is 0. The number of hydrogen-bond acceptors (Lipinski definition) is 0. The smallest absolute Gasteiger partial charge is 1.00 e. The van der Waals surface area contributed by atoms with Gasteiger partial charge in [-0.15, -0.1) is 53.4 Å². The molecule has 4 aliphatic rings. The maximum atomic E-state index is 3.19. The van der Waals surface area contributed by atoms with E-state index in [-0.39, 0.29) is 35.7 Å². The Morgan fingerprint density at radius 1 is 0.447 bits per heavy atom. The van der Waals surface area contributed by atoms with Gasteiger partial charge in [0.2, 0.25) is 0 Å². The van der Waals surface area contributed by atoms with Gasteiger partial charge in [-0.25, -0.2) is 44.6 Å². The van der Waals surface area contributed by atoms with Gasteiger partial charge in [0.15, 0.2) is 0 Å². The van der Waals surface area contributed by atoms with Crippen molar-refractivity contribution in [2.75, 3.05) is 0 Å². The van der Waals surface area contributed by atoms with Gasteiger partial charge in [0.05, 0.1) is 0 Å². The maximum absolute atomic E-state index is 3.19. The van der Waals surface area contributed by atoms with Crippen molar-refractivity contribution >= 4 is 10.9 Å². The third kappa shape index (κ3) is 28.2. The fourth-order valence-corrected chi connectivity index (χ4v) is 2.60. The van der Waals surface area contributed by atoms with Crippen LogP contribution in [0.4, 0.5) is 0 Å². The summed E-state index contributed by atoms with van der Waals surface area (Å²) in [7, 11) is 0. The predicted molar refractivity (Wildman–Crippen MR) is 158 cm³/mol. The molecule has 0 aromatic heterocycles. The third-order valence-corrected chi connectivity index (χ3v) is 5.47. The number of hydrogen-bond donors (Lipinski definition) is 0. The third-order valence-electron chi connectivity index (χ3n) is 5.47. The van der Waals surface area contributed by atoms with Crippen LogP contribution in [0.1, 0.15) is 81.1 Å². The summed E-state index contributed by atoms with van der Waals surface area (Å²) in [6.45, 7) is 26.1. The molecule has 0 bridgehead atoms. The fourth-order valence-electron chi connectivity index (χ4n) is 2.60. The second-order valence-corrected chi connectivity index (χ2v) is 28.3. The van der Waals surface area contributed by atoms with Gasteiger partial charge < -0.3 is 24.8 Å². The van der Waals surface area contributed by atoms with Crippen LogP contribution in [-0.2, 0) is 46.7 Å². The maximum Gasteiger partial charge on any atom is -1.00 e. The summed E-state index contributed by atoms with van der Waals surface area (Å²) < 4.78 is 0. The average Bonchev–Trinajstić information content (AvgIpc) is 3.53. The zero-order chi connectivity index (χ0) is 28.3. The first-order valence-corrected chi connectivity index (χ1v) is 25.1. The molecular formula is C32H48Cl2Si2Zr2-2. The van der Waals surface area contributed by atoms with Gasteiger partial charge >= 0.3 is 83.7 Å². The van der Waals surface area contributed by atoms with Crippen molar-refractivity contribution in [2.45, 2.75) is 107 Å². The molecule has 0 saturated heterocycles. The molecule has 38 heavy (non-hydrogen) atoms. The zero-order valence-electron chi connectivity index (χ0n) is 25.9. The Morgan fingerprint density at radius 3 is 0.605 bits per heavy atom. The van der Waals surface area contributed by atoms with E-state index in [0.29, 0.717) is 0 Å². The molecule has 0 aromatic rings. The van der Waals surface area contributed by atoms with E-state index < -0.39 is 0 Å². The van der Waals surface area contributed by atoms with E-state index in [1.807, 2.05) is 0 Å². The van der Waals surface area contributed by atoms with E-state index in [1.54, 1.807) is 46.7 Å². The topological polar surface area (TPSA) is 0 Å². The summed E-state index contributed by atoms with van der Waals surface area (Å²) in [5.74, 6) is 0. The van der Waals surface area contributed by atoms with Crippen LogP contribution >= 0.6 is 0 Å². The molecule has 0 radical (unpaired) electrons. The molecule has 6 heteroatoms. The molecule has 0 aromatic carbocycles. The first-order valence-electron chi connectivity index (χ1n) is 12.7. The van der Waals surface area contributed by atoms with E-state index in [2.05, 4.69) is 130 Å². The Morgan fingerprint density at radius 2 is 0.579 bits per heavy atom. The summed E-state index contributed by atoms with van der Waals surface area (Å²) >= 11 is 3.48. The van der Waals surface area contributed by atoms with Crippen molar-refractivity contribution in [2.24, 2.45) is 0 Å². The van der Waals surface area contributed by atoms with Crippen molar-refractivity contribution in [3.8, 4) is 0 Å². The summed E-state index contributed by atoms with van der Waals surface area (Å²) in [6, 6.07) is 0. The molecule has 0 aliphatic heterocycles. The van der Waals surface area contributed by atoms with Crippen LogP contribution in [0.3, 0.4) is 0 Å². The van der Waals surface area contributed by atoms with Crippen LogP contribution in [-0.4, -0.2) is 10.9 Å². The SMILES string of the molecule is CC1=[C-]CC=C1C.CC1=[C-]CC=C1C.CC1=[C-]CC=C1C.CC1=[C-]CC=C1C.C[Si](C)=[Zr+2].C[Si](C)=[Zr+2].[Cl-].[Cl-]. The Kier molecular flexibility index (Phi) is 33.5. The molecule has 0 saturated carbocycles. The standard InChI is InChI=1S/4C7H9.2C2H6Si.2ClH.2Zr/c4*1-6-4-3-5-7(6)2;2*1-3-2;;;;/h4*4H,3H2,1-2H3;2*1-2H3;2*1H;;/q4*-1;;;;;2*+2/p-2. The first-order chi connectivity index (χ1) is 16.7. The van der Waals surface area contributed by atoms with E-state index in [9.17, 15) is 0 Å². The second kappa shape index (κ2) is 27.8. The van der Waals surface area contributed by atoms with E-state index in [0.717, 1.165) is 25.7 Å². The van der Waals surface area contributed by atoms with Gasteiger partial charge in [-0.05, 0) is 0 Å². The van der Waals surface area contributed by atoms with E-state index in [1.165, 1.54) is 44.6 Å². The van der Waals surface area contributed by atoms with Crippen LogP contribution in [0.2, 0.25) is 26.2 Å². The average molecular weight is 742 g/mol. The molecule has 0 heterocycles. The number of halogens is 2. The Labute approximate surface area is 280 Å². The van der Waals surface area contributed by atoms with Crippen molar-refractivity contribution in [3.63, 3.8) is 0 Å². The Balaban J connectivity index is -0.000000184. The normalized spacial score (nSPS) is 15.6. The van der Waals surface area contributed by atoms with Crippen LogP contribution < -0.4 is 24.8 Å². The zero-order valence-corrected chi connectivity index (χ0v) is 34.3. The van der Waals surface area contributed by atoms with Gasteiger partial charge in [-0.1, -0.05) is 27.7 Å². The largest absolute Gasteiger partial charge is 1.00 e. The molecule has 0 nitrogen and oxygen atoms in total. The Bertz CT molecular complexity index is 769. The van der Waals surface area contributed by atoms with Crippen molar-refractivity contribution in [1.29, 1.82) is 0 Å². The summed E-state index contributed by atoms with van der Waals surface area (Å²) in [4.78, 5) is 0. The molecule has 0 N–H and O–H groups in total. The van der Waals surface area contributed by atoms with Crippen molar-refractivity contribution in [1.82, 2.24) is 0 Å². The van der Waals surface area contributed by atoms with Crippen LogP contribution in [0.25, 0.3) is 0 Å². The van der Waals surface area contributed by atoms with E-state index >= 15 is 0 Å². The second-order valence-electron chi connectivity index (χ2n) is 9.57. The molecule has 4 aliphatic carbocycles. The summed E-state index contributed by atoms with van der Waals surface area (Å²) in [6.07, 6.45) is 25.6. The molecule has 208 valence electrons. The molecule has 0 amide bonds. The summed E-state index contributed by atoms with van der Waals surface area (Å²) in [5.41, 5.74) is 11.3. The first kappa shape index (κ1) is 45.7. The van der Waals surface area contributed by atoms with Crippen LogP contribution in [0, 0.1) is 24.3 Å². The van der Waals surface area contributed by atoms with E-state index in [4.69, 9.17) is 0 Å². The molecule has 4 rings (SSSR count). The van der Waals surface area contributed by atoms with Gasteiger partial charge in [-0.3, -0.25) is 24.3 Å². The van der Waals surface area contributed by atoms with Gasteiger partial charge in [-0.2, -0.15) is 24.3 Å². The van der Waals surface area contributed by atoms with Crippen LogP contribution in [0.5, 0.6) is 0 Å². The molecule has 0 fully saturated rings. The summed E-state index contributed by atoms with van der Waals surface area (Å²) in [5, 5.41) is 0. The molecule has 0 atom stereocenters. The van der Waals surface area contributed by atoms with Crippen LogP contribution in [0.15, 0.2) is 68.9 Å². The van der Waals surface area contributed by atoms with Gasteiger partial charge in [0.25, 0.3) is 0 Å². The minimum absolute atomic E-state index is 0. The fraction of sp³-hybridized carbons (Fsp3) is 0.500.